The molecule has 1 heterocycles. The first-order chi connectivity index (χ1) is 7.17. The van der Waals surface area contributed by atoms with Crippen molar-refractivity contribution in [3.05, 3.63) is 0 Å². The van der Waals surface area contributed by atoms with Crippen molar-refractivity contribution >= 4 is 5.91 Å². The molecule has 1 fully saturated rings. The summed E-state index contributed by atoms with van der Waals surface area (Å²) in [6.07, 6.45) is 3.03. The Morgan fingerprint density at radius 1 is 1.53 bits per heavy atom. The molecule has 1 saturated heterocycles. The van der Waals surface area contributed by atoms with Crippen LogP contribution in [0.5, 0.6) is 0 Å². The third-order valence-electron chi connectivity index (χ3n) is 3.11. The van der Waals surface area contributed by atoms with Crippen LogP contribution >= 0.6 is 0 Å². The van der Waals surface area contributed by atoms with E-state index in [9.17, 15) is 4.79 Å². The number of carbonyl (C=O) groups excluding carboxylic acids is 1. The average Bonchev–Trinajstić information content (AvgIpc) is 2.57. The summed E-state index contributed by atoms with van der Waals surface area (Å²) in [6, 6.07) is 0.421. The molecule has 1 aliphatic rings. The number of carbonyl (C=O) groups is 1. The normalized spacial score (nSPS) is 23.5. The first-order valence-corrected chi connectivity index (χ1v) is 6.18. The van der Waals surface area contributed by atoms with Gasteiger partial charge in [0.2, 0.25) is 5.91 Å². The molecule has 15 heavy (non-hydrogen) atoms. The van der Waals surface area contributed by atoms with Gasteiger partial charge in [-0.3, -0.25) is 4.79 Å². The van der Waals surface area contributed by atoms with Gasteiger partial charge in [0.05, 0.1) is 0 Å². The lowest BCUT2D eigenvalue weighted by Crippen LogP contribution is -2.40. The highest BCUT2D eigenvalue weighted by Crippen LogP contribution is 2.20. The van der Waals surface area contributed by atoms with Gasteiger partial charge in [-0.1, -0.05) is 20.3 Å². The number of likely N-dealkylation sites (tertiary alicyclic amines) is 1. The number of rotatable bonds is 6. The van der Waals surface area contributed by atoms with Gasteiger partial charge < -0.3 is 10.2 Å². The molecule has 0 spiro atoms. The molecule has 88 valence electrons. The van der Waals surface area contributed by atoms with Gasteiger partial charge in [-0.15, -0.1) is 0 Å². The maximum absolute atomic E-state index is 11.7. The summed E-state index contributed by atoms with van der Waals surface area (Å²) in [7, 11) is 0. The van der Waals surface area contributed by atoms with Gasteiger partial charge >= 0.3 is 0 Å². The van der Waals surface area contributed by atoms with E-state index in [0.717, 1.165) is 38.9 Å². The van der Waals surface area contributed by atoms with Gasteiger partial charge in [-0.2, -0.15) is 0 Å². The van der Waals surface area contributed by atoms with Crippen LogP contribution in [0, 0.1) is 5.92 Å². The number of nitrogens with one attached hydrogen (secondary N) is 1. The first-order valence-electron chi connectivity index (χ1n) is 6.18. The summed E-state index contributed by atoms with van der Waals surface area (Å²) in [4.78, 5) is 13.7. The second kappa shape index (κ2) is 6.11. The zero-order valence-electron chi connectivity index (χ0n) is 10.3. The Labute approximate surface area is 93.2 Å². The molecule has 1 aliphatic heterocycles. The van der Waals surface area contributed by atoms with Crippen LogP contribution in [0.3, 0.4) is 0 Å². The van der Waals surface area contributed by atoms with Crippen LogP contribution in [0.4, 0.5) is 0 Å². The van der Waals surface area contributed by atoms with Crippen LogP contribution < -0.4 is 5.32 Å². The number of nitrogens with zero attached hydrogens (tertiary/aromatic N) is 1. The van der Waals surface area contributed by atoms with Gasteiger partial charge in [0, 0.05) is 25.6 Å². The third-order valence-corrected chi connectivity index (χ3v) is 3.11. The molecule has 0 aromatic rings. The summed E-state index contributed by atoms with van der Waals surface area (Å²) in [6.45, 7) is 9.36. The molecular weight excluding hydrogens is 188 g/mol. The minimum Gasteiger partial charge on any atom is -0.341 e. The number of amides is 1. The Bertz CT molecular complexity index is 206. The van der Waals surface area contributed by atoms with E-state index >= 15 is 0 Å². The van der Waals surface area contributed by atoms with E-state index < -0.39 is 0 Å². The SMILES string of the molecule is CCCNC(C)CN1CC(CC)CC1=O. The summed E-state index contributed by atoms with van der Waals surface area (Å²) in [5, 5.41) is 3.42. The maximum atomic E-state index is 11.7. The molecule has 2 unspecified atom stereocenters. The fourth-order valence-corrected chi connectivity index (χ4v) is 2.09. The maximum Gasteiger partial charge on any atom is 0.222 e. The summed E-state index contributed by atoms with van der Waals surface area (Å²) in [5.41, 5.74) is 0. The van der Waals surface area contributed by atoms with Crippen LogP contribution in [0.2, 0.25) is 0 Å². The largest absolute Gasteiger partial charge is 0.341 e. The molecule has 0 aromatic heterocycles. The Morgan fingerprint density at radius 3 is 2.80 bits per heavy atom. The van der Waals surface area contributed by atoms with Gasteiger partial charge in [0.1, 0.15) is 0 Å². The summed E-state index contributed by atoms with van der Waals surface area (Å²) >= 11 is 0. The van der Waals surface area contributed by atoms with E-state index in [0.29, 0.717) is 17.9 Å². The fourth-order valence-electron chi connectivity index (χ4n) is 2.09. The smallest absolute Gasteiger partial charge is 0.222 e. The van der Waals surface area contributed by atoms with Crippen LogP contribution in [0.25, 0.3) is 0 Å². The second-order valence-electron chi connectivity index (χ2n) is 4.63. The van der Waals surface area contributed by atoms with E-state index in [4.69, 9.17) is 0 Å². The molecule has 1 N–H and O–H groups in total. The van der Waals surface area contributed by atoms with Gasteiger partial charge in [0.25, 0.3) is 0 Å². The number of hydrogen-bond acceptors (Lipinski definition) is 2. The lowest BCUT2D eigenvalue weighted by Gasteiger charge is -2.22. The molecule has 0 radical (unpaired) electrons. The van der Waals surface area contributed by atoms with Crippen molar-refractivity contribution < 1.29 is 4.79 Å². The van der Waals surface area contributed by atoms with Crippen molar-refractivity contribution in [2.75, 3.05) is 19.6 Å². The van der Waals surface area contributed by atoms with Gasteiger partial charge in [-0.05, 0) is 25.8 Å². The average molecular weight is 212 g/mol. The van der Waals surface area contributed by atoms with Crippen LogP contribution in [-0.2, 0) is 4.79 Å². The van der Waals surface area contributed by atoms with Crippen molar-refractivity contribution in [3.63, 3.8) is 0 Å². The van der Waals surface area contributed by atoms with Crippen LogP contribution in [0.1, 0.15) is 40.0 Å². The summed E-state index contributed by atoms with van der Waals surface area (Å²) < 4.78 is 0. The molecular formula is C12H24N2O. The molecule has 3 heteroatoms. The second-order valence-corrected chi connectivity index (χ2v) is 4.63. The Balaban J connectivity index is 2.29. The topological polar surface area (TPSA) is 32.3 Å². The highest BCUT2D eigenvalue weighted by Gasteiger charge is 2.28. The molecule has 0 saturated carbocycles. The van der Waals surface area contributed by atoms with E-state index in [1.807, 2.05) is 4.90 Å². The van der Waals surface area contributed by atoms with Crippen LogP contribution in [0.15, 0.2) is 0 Å². The Morgan fingerprint density at radius 2 is 2.27 bits per heavy atom. The minimum atomic E-state index is 0.340. The van der Waals surface area contributed by atoms with E-state index in [1.54, 1.807) is 0 Å². The monoisotopic (exact) mass is 212 g/mol. The van der Waals surface area contributed by atoms with E-state index in [-0.39, 0.29) is 0 Å². The zero-order chi connectivity index (χ0) is 11.3. The van der Waals surface area contributed by atoms with Gasteiger partial charge in [-0.25, -0.2) is 0 Å². The predicted octanol–water partition coefficient (Wildman–Crippen LogP) is 1.63. The lowest BCUT2D eigenvalue weighted by atomic mass is 10.1. The molecule has 0 bridgehead atoms. The van der Waals surface area contributed by atoms with Crippen molar-refractivity contribution in [3.8, 4) is 0 Å². The molecule has 0 aromatic carbocycles. The molecule has 0 aliphatic carbocycles. The molecule has 1 amide bonds. The van der Waals surface area contributed by atoms with Crippen LogP contribution in [-0.4, -0.2) is 36.5 Å². The van der Waals surface area contributed by atoms with Crippen molar-refractivity contribution in [2.24, 2.45) is 5.92 Å². The molecule has 1 rings (SSSR count). The first kappa shape index (κ1) is 12.5. The number of hydrogen-bond donors (Lipinski definition) is 1. The Kier molecular flexibility index (Phi) is 5.09. The fraction of sp³-hybridized carbons (Fsp3) is 0.917. The Hall–Kier alpha value is -0.570. The van der Waals surface area contributed by atoms with E-state index in [1.165, 1.54) is 0 Å². The zero-order valence-corrected chi connectivity index (χ0v) is 10.3. The third kappa shape index (κ3) is 3.82. The standard InChI is InChI=1S/C12H24N2O/c1-4-6-13-10(3)8-14-9-11(5-2)7-12(14)15/h10-11,13H,4-9H2,1-3H3. The van der Waals surface area contributed by atoms with E-state index in [2.05, 4.69) is 26.1 Å². The molecule has 2 atom stereocenters. The highest BCUT2D eigenvalue weighted by molar-refractivity contribution is 5.78. The highest BCUT2D eigenvalue weighted by atomic mass is 16.2. The van der Waals surface area contributed by atoms with Crippen molar-refractivity contribution in [1.29, 1.82) is 0 Å². The lowest BCUT2D eigenvalue weighted by molar-refractivity contribution is -0.128. The quantitative estimate of drug-likeness (QED) is 0.726. The minimum absolute atomic E-state index is 0.340. The van der Waals surface area contributed by atoms with Crippen molar-refractivity contribution in [1.82, 2.24) is 10.2 Å². The summed E-state index contributed by atoms with van der Waals surface area (Å²) in [5.74, 6) is 0.933. The van der Waals surface area contributed by atoms with Gasteiger partial charge in [0.15, 0.2) is 0 Å². The predicted molar refractivity (Wildman–Crippen MR) is 62.7 cm³/mol. The molecule has 3 nitrogen and oxygen atoms in total. The van der Waals surface area contributed by atoms with Crippen molar-refractivity contribution in [2.45, 2.75) is 46.1 Å².